The monoisotopic (exact) mass is 196 g/mol. The first-order valence-corrected chi connectivity index (χ1v) is 4.70. The molecule has 0 amide bonds. The van der Waals surface area contributed by atoms with Gasteiger partial charge in [0.25, 0.3) is 11.9 Å². The molecule has 0 radical (unpaired) electrons. The lowest BCUT2D eigenvalue weighted by atomic mass is 10.3. The van der Waals surface area contributed by atoms with Gasteiger partial charge in [-0.05, 0) is 11.5 Å². The van der Waals surface area contributed by atoms with Gasteiger partial charge in [-0.3, -0.25) is 8.75 Å². The molecule has 0 unspecified atom stereocenters. The van der Waals surface area contributed by atoms with E-state index in [9.17, 15) is 4.79 Å². The SMILES string of the molecule is Cc1nc[n+](C)c2sn(C)c(=O)c12. The second kappa shape index (κ2) is 2.63. The molecule has 0 N–H and O–H groups in total. The topological polar surface area (TPSA) is 38.8 Å². The van der Waals surface area contributed by atoms with Crippen LogP contribution in [0.2, 0.25) is 0 Å². The minimum atomic E-state index is 0.0428. The molecule has 0 aliphatic carbocycles. The average molecular weight is 196 g/mol. The van der Waals surface area contributed by atoms with Gasteiger partial charge in [0.2, 0.25) is 4.83 Å². The highest BCUT2D eigenvalue weighted by Crippen LogP contribution is 2.12. The van der Waals surface area contributed by atoms with Crippen molar-refractivity contribution in [3.8, 4) is 0 Å². The van der Waals surface area contributed by atoms with Gasteiger partial charge in [-0.1, -0.05) is 4.98 Å². The first kappa shape index (κ1) is 8.37. The summed E-state index contributed by atoms with van der Waals surface area (Å²) in [5, 5.41) is 0.734. The van der Waals surface area contributed by atoms with Gasteiger partial charge in [-0.25, -0.2) is 4.57 Å². The second-order valence-electron chi connectivity index (χ2n) is 3.01. The zero-order valence-corrected chi connectivity index (χ0v) is 8.55. The van der Waals surface area contributed by atoms with Crippen molar-refractivity contribution >= 4 is 21.7 Å². The van der Waals surface area contributed by atoms with Crippen LogP contribution in [0.25, 0.3) is 10.2 Å². The third-order valence-electron chi connectivity index (χ3n) is 2.04. The fourth-order valence-electron chi connectivity index (χ4n) is 1.31. The summed E-state index contributed by atoms with van der Waals surface area (Å²) in [4.78, 5) is 16.7. The number of aryl methyl sites for hydroxylation is 3. The highest BCUT2D eigenvalue weighted by Gasteiger charge is 2.16. The Morgan fingerprint density at radius 3 is 2.92 bits per heavy atom. The summed E-state index contributed by atoms with van der Waals surface area (Å²) in [7, 11) is 3.66. The van der Waals surface area contributed by atoms with E-state index in [0.29, 0.717) is 0 Å². The van der Waals surface area contributed by atoms with Crippen LogP contribution in [-0.4, -0.2) is 8.94 Å². The standard InChI is InChI=1S/C8H10N3OS/c1-5-6-7(12)11(3)13-8(6)10(2)4-9-5/h4H,1-3H3/q+1. The summed E-state index contributed by atoms with van der Waals surface area (Å²) < 4.78 is 3.49. The molecule has 0 fully saturated rings. The largest absolute Gasteiger partial charge is 0.287 e. The molecular formula is C8H10N3OS+. The van der Waals surface area contributed by atoms with Crippen molar-refractivity contribution in [1.29, 1.82) is 0 Å². The van der Waals surface area contributed by atoms with Gasteiger partial charge in [-0.15, -0.1) is 0 Å². The van der Waals surface area contributed by atoms with Gasteiger partial charge in [0, 0.05) is 14.0 Å². The number of nitrogens with zero attached hydrogens (tertiary/aromatic N) is 3. The summed E-state index contributed by atoms with van der Waals surface area (Å²) in [5.41, 5.74) is 0.844. The van der Waals surface area contributed by atoms with Crippen LogP contribution in [0.3, 0.4) is 0 Å². The van der Waals surface area contributed by atoms with Gasteiger partial charge in [0.15, 0.2) is 5.69 Å². The zero-order chi connectivity index (χ0) is 9.59. The highest BCUT2D eigenvalue weighted by molar-refractivity contribution is 7.12. The summed E-state index contributed by atoms with van der Waals surface area (Å²) in [6, 6.07) is 0. The van der Waals surface area contributed by atoms with Crippen molar-refractivity contribution in [2.75, 3.05) is 0 Å². The van der Waals surface area contributed by atoms with Gasteiger partial charge in [-0.2, -0.15) is 0 Å². The van der Waals surface area contributed by atoms with Gasteiger partial charge in [0.1, 0.15) is 5.39 Å². The molecule has 0 spiro atoms. The summed E-state index contributed by atoms with van der Waals surface area (Å²) >= 11 is 1.45. The molecule has 0 aromatic carbocycles. The minimum absolute atomic E-state index is 0.0428. The Kier molecular flexibility index (Phi) is 1.69. The molecular weight excluding hydrogens is 186 g/mol. The second-order valence-corrected chi connectivity index (χ2v) is 4.13. The molecule has 0 saturated heterocycles. The molecule has 0 atom stereocenters. The number of rotatable bonds is 0. The van der Waals surface area contributed by atoms with E-state index in [1.807, 2.05) is 18.5 Å². The Bertz CT molecular complexity index is 526. The Labute approximate surface area is 79.2 Å². The number of hydrogen-bond acceptors (Lipinski definition) is 3. The van der Waals surface area contributed by atoms with Crippen LogP contribution >= 0.6 is 11.5 Å². The number of hydrogen-bond donors (Lipinski definition) is 0. The van der Waals surface area contributed by atoms with Crippen LogP contribution in [0.5, 0.6) is 0 Å². The van der Waals surface area contributed by atoms with Crippen molar-refractivity contribution in [2.24, 2.45) is 14.1 Å². The molecule has 13 heavy (non-hydrogen) atoms. The smallest absolute Gasteiger partial charge is 0.267 e. The molecule has 5 heteroatoms. The van der Waals surface area contributed by atoms with Gasteiger partial charge in [0.05, 0.1) is 7.05 Å². The average Bonchev–Trinajstić information content (AvgIpc) is 2.38. The van der Waals surface area contributed by atoms with E-state index in [-0.39, 0.29) is 5.56 Å². The molecule has 4 nitrogen and oxygen atoms in total. The molecule has 2 aromatic heterocycles. The van der Waals surface area contributed by atoms with Gasteiger partial charge >= 0.3 is 0 Å². The molecule has 0 bridgehead atoms. The molecule has 2 aromatic rings. The lowest BCUT2D eigenvalue weighted by molar-refractivity contribution is -0.646. The molecule has 2 heterocycles. The van der Waals surface area contributed by atoms with E-state index >= 15 is 0 Å². The molecule has 0 aliphatic rings. The summed E-state index contributed by atoms with van der Waals surface area (Å²) in [5.74, 6) is 0. The Balaban J connectivity index is 3.09. The maximum absolute atomic E-state index is 11.6. The lowest BCUT2D eigenvalue weighted by Crippen LogP contribution is -2.29. The first-order chi connectivity index (χ1) is 6.11. The van der Waals surface area contributed by atoms with Crippen molar-refractivity contribution < 1.29 is 4.57 Å². The molecule has 0 aliphatic heterocycles. The normalized spacial score (nSPS) is 11.0. The van der Waals surface area contributed by atoms with Crippen molar-refractivity contribution in [2.45, 2.75) is 6.92 Å². The van der Waals surface area contributed by atoms with Crippen LogP contribution in [0, 0.1) is 6.92 Å². The van der Waals surface area contributed by atoms with Crippen LogP contribution in [0.4, 0.5) is 0 Å². The molecule has 68 valence electrons. The van der Waals surface area contributed by atoms with Crippen LogP contribution in [0.1, 0.15) is 5.69 Å². The van der Waals surface area contributed by atoms with E-state index in [0.717, 1.165) is 15.9 Å². The number of aromatic nitrogens is 3. The van der Waals surface area contributed by atoms with Crippen molar-refractivity contribution in [3.05, 3.63) is 22.4 Å². The zero-order valence-electron chi connectivity index (χ0n) is 7.74. The maximum atomic E-state index is 11.6. The molecule has 2 rings (SSSR count). The fraction of sp³-hybridized carbons (Fsp3) is 0.375. The summed E-state index contributed by atoms with van der Waals surface area (Å²) in [6.07, 6.45) is 1.73. The molecule has 0 saturated carbocycles. The van der Waals surface area contributed by atoms with Crippen molar-refractivity contribution in [1.82, 2.24) is 8.94 Å². The van der Waals surface area contributed by atoms with Gasteiger partial charge < -0.3 is 0 Å². The first-order valence-electron chi connectivity index (χ1n) is 3.92. The minimum Gasteiger partial charge on any atom is -0.267 e. The van der Waals surface area contributed by atoms with Crippen LogP contribution in [-0.2, 0) is 14.1 Å². The fourth-order valence-corrected chi connectivity index (χ4v) is 2.24. The third kappa shape index (κ3) is 1.07. The quantitative estimate of drug-likeness (QED) is 0.562. The van der Waals surface area contributed by atoms with E-state index in [2.05, 4.69) is 4.98 Å². The Hall–Kier alpha value is -1.23. The predicted molar refractivity (Wildman–Crippen MR) is 50.8 cm³/mol. The van der Waals surface area contributed by atoms with Crippen LogP contribution < -0.4 is 10.1 Å². The third-order valence-corrected chi connectivity index (χ3v) is 3.15. The maximum Gasteiger partial charge on any atom is 0.287 e. The van der Waals surface area contributed by atoms with Crippen LogP contribution in [0.15, 0.2) is 11.1 Å². The lowest BCUT2D eigenvalue weighted by Gasteiger charge is -1.88. The van der Waals surface area contributed by atoms with E-state index < -0.39 is 0 Å². The Morgan fingerprint density at radius 1 is 1.62 bits per heavy atom. The predicted octanol–water partition coefficient (Wildman–Crippen LogP) is 0.128. The van der Waals surface area contributed by atoms with Crippen molar-refractivity contribution in [3.63, 3.8) is 0 Å². The number of fused-ring (bicyclic) bond motifs is 1. The summed E-state index contributed by atoms with van der Waals surface area (Å²) in [6.45, 7) is 1.86. The highest BCUT2D eigenvalue weighted by atomic mass is 32.1. The van der Waals surface area contributed by atoms with E-state index in [4.69, 9.17) is 0 Å². The van der Waals surface area contributed by atoms with E-state index in [1.165, 1.54) is 11.5 Å². The Morgan fingerprint density at radius 2 is 2.31 bits per heavy atom. The van der Waals surface area contributed by atoms with E-state index in [1.54, 1.807) is 17.3 Å².